The second kappa shape index (κ2) is 13.6. The number of piperidine rings is 1. The molecule has 2 N–H and O–H groups in total. The van der Waals surface area contributed by atoms with E-state index in [0.717, 1.165) is 122 Å². The van der Waals surface area contributed by atoms with Gasteiger partial charge in [-0.15, -0.1) is 0 Å². The topological polar surface area (TPSA) is 152 Å². The number of carbonyl (C=O) groups is 4. The van der Waals surface area contributed by atoms with Crippen LogP contribution in [0.2, 0.25) is 0 Å². The number of aromatic nitrogens is 4. The predicted molar refractivity (Wildman–Crippen MR) is 186 cm³/mol. The van der Waals surface area contributed by atoms with Crippen LogP contribution in [0.1, 0.15) is 83.7 Å². The van der Waals surface area contributed by atoms with E-state index >= 15 is 0 Å². The highest BCUT2D eigenvalue weighted by Crippen LogP contribution is 2.43. The van der Waals surface area contributed by atoms with Gasteiger partial charge in [-0.2, -0.15) is 5.10 Å². The molecule has 50 heavy (non-hydrogen) atoms. The van der Waals surface area contributed by atoms with Gasteiger partial charge in [0.05, 0.1) is 53.0 Å². The van der Waals surface area contributed by atoms with Crippen molar-refractivity contribution in [3.8, 4) is 11.3 Å². The lowest BCUT2D eigenvalue weighted by Gasteiger charge is -2.28. The summed E-state index contributed by atoms with van der Waals surface area (Å²) in [5.74, 6) is -1.51. The number of amides is 4. The lowest BCUT2D eigenvalue weighted by Crippen LogP contribution is -2.54. The number of imide groups is 2. The van der Waals surface area contributed by atoms with E-state index < -0.39 is 29.7 Å². The van der Waals surface area contributed by atoms with Crippen molar-refractivity contribution in [2.45, 2.75) is 69.9 Å². The molecule has 13 nitrogen and oxygen atoms in total. The van der Waals surface area contributed by atoms with Crippen LogP contribution in [0.15, 0.2) is 48.8 Å². The van der Waals surface area contributed by atoms with Gasteiger partial charge >= 0.3 is 0 Å². The van der Waals surface area contributed by atoms with E-state index in [4.69, 9.17) is 19.8 Å². The van der Waals surface area contributed by atoms with Crippen molar-refractivity contribution in [2.24, 2.45) is 0 Å². The van der Waals surface area contributed by atoms with Gasteiger partial charge < -0.3 is 15.0 Å². The van der Waals surface area contributed by atoms with Crippen LogP contribution in [0.3, 0.4) is 0 Å². The number of unbranched alkanes of at least 4 members (excludes halogenated alkanes) is 3. The van der Waals surface area contributed by atoms with Crippen molar-refractivity contribution < 1.29 is 23.9 Å². The minimum atomic E-state index is -0.966. The van der Waals surface area contributed by atoms with Gasteiger partial charge in [0.1, 0.15) is 6.04 Å². The molecule has 3 fully saturated rings. The molecule has 5 heterocycles. The number of fused-ring (bicyclic) bond motifs is 2. The summed E-state index contributed by atoms with van der Waals surface area (Å²) in [4.78, 5) is 63.0. The monoisotopic (exact) mass is 676 g/mol. The van der Waals surface area contributed by atoms with Crippen LogP contribution in [0.25, 0.3) is 22.3 Å². The average molecular weight is 677 g/mol. The third-order valence-corrected chi connectivity index (χ3v) is 10.0. The van der Waals surface area contributed by atoms with Crippen LogP contribution in [-0.2, 0) is 20.9 Å². The van der Waals surface area contributed by atoms with E-state index in [0.29, 0.717) is 5.92 Å². The van der Waals surface area contributed by atoms with E-state index in [2.05, 4.69) is 38.5 Å². The maximum atomic E-state index is 13.1. The molecule has 8 rings (SSSR count). The molecular weight excluding hydrogens is 636 g/mol. The highest BCUT2D eigenvalue weighted by atomic mass is 16.5. The summed E-state index contributed by atoms with van der Waals surface area (Å²) in [7, 11) is 0. The average Bonchev–Trinajstić information content (AvgIpc) is 3.85. The van der Waals surface area contributed by atoms with Crippen molar-refractivity contribution in [1.29, 1.82) is 0 Å². The quantitative estimate of drug-likeness (QED) is 0.164. The molecule has 258 valence electrons. The Morgan fingerprint density at radius 3 is 2.50 bits per heavy atom. The first kappa shape index (κ1) is 32.1. The summed E-state index contributed by atoms with van der Waals surface area (Å²) in [5.41, 5.74) is 7.32. The van der Waals surface area contributed by atoms with E-state index in [1.807, 2.05) is 12.3 Å². The van der Waals surface area contributed by atoms with Gasteiger partial charge in [0.25, 0.3) is 11.8 Å². The fraction of sp³-hybridized carbons (Fsp3) is 0.432. The highest BCUT2D eigenvalue weighted by Gasteiger charge is 2.44. The molecule has 1 aliphatic carbocycles. The van der Waals surface area contributed by atoms with Crippen LogP contribution in [0, 0.1) is 0 Å². The number of morpholine rings is 1. The molecule has 13 heteroatoms. The smallest absolute Gasteiger partial charge is 0.262 e. The molecule has 1 atom stereocenters. The zero-order valence-corrected chi connectivity index (χ0v) is 27.9. The third-order valence-electron chi connectivity index (χ3n) is 10.0. The number of rotatable bonds is 12. The fourth-order valence-electron chi connectivity index (χ4n) is 7.12. The summed E-state index contributed by atoms with van der Waals surface area (Å²) in [6, 6.07) is 10.4. The van der Waals surface area contributed by atoms with Gasteiger partial charge in [-0.05, 0) is 68.5 Å². The molecule has 4 aromatic rings. The lowest BCUT2D eigenvalue weighted by molar-refractivity contribution is -0.136. The molecule has 4 amide bonds. The number of carbonyl (C=O) groups excluding carboxylic acids is 4. The first-order valence-electron chi connectivity index (χ1n) is 17.7. The highest BCUT2D eigenvalue weighted by molar-refractivity contribution is 6.23. The van der Waals surface area contributed by atoms with E-state index in [1.54, 1.807) is 18.2 Å². The standard InChI is InChI=1S/C37H40N8O5/c46-33-12-11-32(35(47)41-33)45-36(48)26-9-7-24(19-27(26)37(45)49)38-13-3-1-2-4-14-44-22-28(34(42-44)23-5-6-23)31-21-39-29-10-8-25(20-30(29)40-31)43-15-17-50-18-16-43/h7-10,19-23,32,38H,1-6,11-18H2,(H,41,46,47). The van der Waals surface area contributed by atoms with Crippen LogP contribution < -0.4 is 15.5 Å². The number of nitrogens with one attached hydrogen (secondary N) is 2. The second-order valence-electron chi connectivity index (χ2n) is 13.5. The van der Waals surface area contributed by atoms with Gasteiger partial charge in [0.15, 0.2) is 0 Å². The molecule has 1 unspecified atom stereocenters. The molecule has 1 saturated carbocycles. The number of aryl methyl sites for hydroxylation is 1. The molecule has 4 aliphatic rings. The first-order valence-corrected chi connectivity index (χ1v) is 17.7. The van der Waals surface area contributed by atoms with Gasteiger partial charge in [-0.1, -0.05) is 12.8 Å². The summed E-state index contributed by atoms with van der Waals surface area (Å²) in [5, 5.41) is 10.6. The summed E-state index contributed by atoms with van der Waals surface area (Å²) < 4.78 is 7.59. The molecule has 0 spiro atoms. The third kappa shape index (κ3) is 6.45. The Morgan fingerprint density at radius 2 is 1.68 bits per heavy atom. The minimum absolute atomic E-state index is 0.0958. The van der Waals surface area contributed by atoms with Gasteiger partial charge in [0, 0.05) is 61.7 Å². The predicted octanol–water partition coefficient (Wildman–Crippen LogP) is 4.28. The number of hydrogen-bond acceptors (Lipinski definition) is 10. The SMILES string of the molecule is O=C1CCC(N2C(=O)c3ccc(NCCCCCCn4cc(-c5cnc6ccc(N7CCOCC7)cc6n5)c(C5CC5)n4)cc3C2=O)C(=O)N1. The van der Waals surface area contributed by atoms with Crippen molar-refractivity contribution in [2.75, 3.05) is 43.1 Å². The Labute approximate surface area is 289 Å². The molecule has 0 bridgehead atoms. The summed E-state index contributed by atoms with van der Waals surface area (Å²) in [6.07, 6.45) is 10.6. The Kier molecular flexibility index (Phi) is 8.73. The Bertz CT molecular complexity index is 1980. The first-order chi connectivity index (χ1) is 24.4. The normalized spacial score (nSPS) is 19.3. The maximum absolute atomic E-state index is 13.1. The number of ether oxygens (including phenoxy) is 1. The van der Waals surface area contributed by atoms with Gasteiger partial charge in [-0.3, -0.25) is 39.1 Å². The summed E-state index contributed by atoms with van der Waals surface area (Å²) in [6.45, 7) is 4.79. The van der Waals surface area contributed by atoms with Crippen LogP contribution in [0.4, 0.5) is 11.4 Å². The van der Waals surface area contributed by atoms with Crippen molar-refractivity contribution in [3.63, 3.8) is 0 Å². The molecule has 2 aromatic carbocycles. The zero-order valence-electron chi connectivity index (χ0n) is 27.9. The van der Waals surface area contributed by atoms with Crippen LogP contribution in [-0.4, -0.2) is 87.2 Å². The number of hydrogen-bond donors (Lipinski definition) is 2. The van der Waals surface area contributed by atoms with E-state index in [1.165, 1.54) is 0 Å². The Hall–Kier alpha value is -5.17. The Balaban J connectivity index is 0.834. The number of benzene rings is 2. The molecule has 2 saturated heterocycles. The van der Waals surface area contributed by atoms with Gasteiger partial charge in [-0.25, -0.2) is 4.98 Å². The Morgan fingerprint density at radius 1 is 0.860 bits per heavy atom. The largest absolute Gasteiger partial charge is 0.385 e. The molecule has 2 aromatic heterocycles. The fourth-order valence-corrected chi connectivity index (χ4v) is 7.12. The summed E-state index contributed by atoms with van der Waals surface area (Å²) >= 11 is 0. The van der Waals surface area contributed by atoms with E-state index in [9.17, 15) is 19.2 Å². The number of nitrogens with zero attached hydrogens (tertiary/aromatic N) is 6. The van der Waals surface area contributed by atoms with Crippen LogP contribution >= 0.6 is 0 Å². The van der Waals surface area contributed by atoms with Gasteiger partial charge in [0.2, 0.25) is 11.8 Å². The van der Waals surface area contributed by atoms with Crippen molar-refractivity contribution >= 4 is 46.0 Å². The minimum Gasteiger partial charge on any atom is -0.385 e. The molecule has 3 aliphatic heterocycles. The molecular formula is C37H40N8O5. The van der Waals surface area contributed by atoms with E-state index in [-0.39, 0.29) is 24.0 Å². The zero-order chi connectivity index (χ0) is 34.2. The van der Waals surface area contributed by atoms with Crippen LogP contribution in [0.5, 0.6) is 0 Å². The second-order valence-corrected chi connectivity index (χ2v) is 13.5. The number of anilines is 2. The maximum Gasteiger partial charge on any atom is 0.262 e. The lowest BCUT2D eigenvalue weighted by atomic mass is 10.0. The van der Waals surface area contributed by atoms with Crippen molar-refractivity contribution in [3.05, 3.63) is 65.6 Å². The van der Waals surface area contributed by atoms with Crippen molar-refractivity contribution in [1.82, 2.24) is 30.0 Å². The molecule has 0 radical (unpaired) electrons.